The van der Waals surface area contributed by atoms with Crippen LogP contribution in [0.25, 0.3) is 0 Å². The Kier molecular flexibility index (Phi) is 2.60. The molecule has 1 fully saturated rings. The van der Waals surface area contributed by atoms with Crippen molar-refractivity contribution < 1.29 is 0 Å². The summed E-state index contributed by atoms with van der Waals surface area (Å²) < 4.78 is 0. The highest BCUT2D eigenvalue weighted by Gasteiger charge is 2.24. The number of hydrogen-bond donors (Lipinski definition) is 1. The summed E-state index contributed by atoms with van der Waals surface area (Å²) in [5.74, 6) is 0.729. The maximum Gasteiger partial charge on any atom is 0.0317 e. The Morgan fingerprint density at radius 1 is 1.25 bits per heavy atom. The van der Waals surface area contributed by atoms with Crippen LogP contribution in [-0.4, -0.2) is 24.5 Å². The maximum atomic E-state index is 5.91. The molecule has 1 saturated heterocycles. The van der Waals surface area contributed by atoms with Crippen molar-refractivity contribution in [2.75, 3.05) is 25.4 Å². The highest BCUT2D eigenvalue weighted by molar-refractivity contribution is 5.47. The number of fused-ring (bicyclic) bond motifs is 1. The Morgan fingerprint density at radius 3 is 2.88 bits per heavy atom. The first-order valence-electron chi connectivity index (χ1n) is 6.43. The van der Waals surface area contributed by atoms with Crippen LogP contribution < -0.4 is 5.73 Å². The smallest absolute Gasteiger partial charge is 0.0317 e. The van der Waals surface area contributed by atoms with E-state index in [1.54, 1.807) is 0 Å². The number of benzene rings is 1. The summed E-state index contributed by atoms with van der Waals surface area (Å²) in [5.41, 5.74) is 9.89. The molecule has 0 spiro atoms. The molecule has 2 nitrogen and oxygen atoms in total. The van der Waals surface area contributed by atoms with Gasteiger partial charge in [-0.15, -0.1) is 0 Å². The van der Waals surface area contributed by atoms with Gasteiger partial charge in [0.15, 0.2) is 0 Å². The minimum atomic E-state index is 0.729. The molecule has 3 rings (SSSR count). The first-order valence-corrected chi connectivity index (χ1v) is 6.43. The van der Waals surface area contributed by atoms with E-state index in [4.69, 9.17) is 5.73 Å². The third kappa shape index (κ3) is 1.82. The average molecular weight is 216 g/mol. The van der Waals surface area contributed by atoms with Gasteiger partial charge in [0, 0.05) is 12.2 Å². The van der Waals surface area contributed by atoms with E-state index in [0.29, 0.717) is 0 Å². The fraction of sp³-hybridized carbons (Fsp3) is 0.571. The zero-order valence-corrected chi connectivity index (χ0v) is 9.78. The summed E-state index contributed by atoms with van der Waals surface area (Å²) in [6.07, 6.45) is 5.31. The summed E-state index contributed by atoms with van der Waals surface area (Å²) in [6, 6.07) is 6.48. The van der Waals surface area contributed by atoms with E-state index in [2.05, 4.69) is 17.0 Å². The molecule has 1 aromatic carbocycles. The van der Waals surface area contributed by atoms with Gasteiger partial charge in [0.05, 0.1) is 0 Å². The summed E-state index contributed by atoms with van der Waals surface area (Å²) in [7, 11) is 0. The topological polar surface area (TPSA) is 29.3 Å². The molecule has 86 valence electrons. The minimum Gasteiger partial charge on any atom is -0.399 e. The van der Waals surface area contributed by atoms with Crippen LogP contribution in [0.1, 0.15) is 36.3 Å². The Labute approximate surface area is 97.4 Å². The molecular weight excluding hydrogens is 196 g/mol. The van der Waals surface area contributed by atoms with Crippen molar-refractivity contribution in [3.8, 4) is 0 Å². The molecule has 16 heavy (non-hydrogen) atoms. The molecule has 0 bridgehead atoms. The Morgan fingerprint density at radius 2 is 2.12 bits per heavy atom. The largest absolute Gasteiger partial charge is 0.399 e. The van der Waals surface area contributed by atoms with Gasteiger partial charge in [-0.2, -0.15) is 0 Å². The van der Waals surface area contributed by atoms with Crippen LogP contribution in [0.5, 0.6) is 0 Å². The SMILES string of the molecule is Nc1ccc2c(c1)C(CN1CCC1)CCC2. The summed E-state index contributed by atoms with van der Waals surface area (Å²) in [6.45, 7) is 3.85. The quantitative estimate of drug-likeness (QED) is 0.769. The van der Waals surface area contributed by atoms with Gasteiger partial charge in [-0.25, -0.2) is 0 Å². The first kappa shape index (κ1) is 10.2. The molecule has 1 heterocycles. The fourth-order valence-electron chi connectivity index (χ4n) is 2.98. The van der Waals surface area contributed by atoms with Gasteiger partial charge in [-0.1, -0.05) is 6.07 Å². The minimum absolute atomic E-state index is 0.729. The Balaban J connectivity index is 1.83. The van der Waals surface area contributed by atoms with Gasteiger partial charge in [0.2, 0.25) is 0 Å². The lowest BCUT2D eigenvalue weighted by molar-refractivity contribution is 0.165. The molecule has 0 radical (unpaired) electrons. The Bertz CT molecular complexity index is 382. The lowest BCUT2D eigenvalue weighted by Crippen LogP contribution is -2.40. The lowest BCUT2D eigenvalue weighted by Gasteiger charge is -2.36. The van der Waals surface area contributed by atoms with Crippen molar-refractivity contribution in [2.24, 2.45) is 0 Å². The molecule has 1 aromatic rings. The van der Waals surface area contributed by atoms with Crippen molar-refractivity contribution >= 4 is 5.69 Å². The van der Waals surface area contributed by atoms with Gasteiger partial charge in [-0.3, -0.25) is 0 Å². The monoisotopic (exact) mass is 216 g/mol. The van der Waals surface area contributed by atoms with Crippen LogP contribution in [0.15, 0.2) is 18.2 Å². The van der Waals surface area contributed by atoms with E-state index in [0.717, 1.165) is 11.6 Å². The highest BCUT2D eigenvalue weighted by Crippen LogP contribution is 2.34. The number of likely N-dealkylation sites (tertiary alicyclic amines) is 1. The number of rotatable bonds is 2. The number of anilines is 1. The predicted octanol–water partition coefficient (Wildman–Crippen LogP) is 2.39. The molecule has 1 unspecified atom stereocenters. The van der Waals surface area contributed by atoms with Crippen molar-refractivity contribution in [1.82, 2.24) is 4.90 Å². The van der Waals surface area contributed by atoms with Crippen molar-refractivity contribution in [1.29, 1.82) is 0 Å². The van der Waals surface area contributed by atoms with Crippen molar-refractivity contribution in [2.45, 2.75) is 31.6 Å². The molecule has 0 aromatic heterocycles. The Hall–Kier alpha value is -1.02. The number of nitrogens with zero attached hydrogens (tertiary/aromatic N) is 1. The summed E-state index contributed by atoms with van der Waals surface area (Å²) in [5, 5.41) is 0. The van der Waals surface area contributed by atoms with Gasteiger partial charge >= 0.3 is 0 Å². The normalized spacial score (nSPS) is 24.9. The fourth-order valence-corrected chi connectivity index (χ4v) is 2.98. The maximum absolute atomic E-state index is 5.91. The van der Waals surface area contributed by atoms with Crippen LogP contribution in [0, 0.1) is 0 Å². The predicted molar refractivity (Wildman–Crippen MR) is 67.6 cm³/mol. The van der Waals surface area contributed by atoms with Crippen LogP contribution in [-0.2, 0) is 6.42 Å². The van der Waals surface area contributed by atoms with Gasteiger partial charge in [0.1, 0.15) is 0 Å². The second kappa shape index (κ2) is 4.10. The highest BCUT2D eigenvalue weighted by atomic mass is 15.2. The first-order chi connectivity index (χ1) is 7.83. The number of aryl methyl sites for hydroxylation is 1. The average Bonchev–Trinajstić information content (AvgIpc) is 2.23. The third-order valence-electron chi connectivity index (χ3n) is 4.04. The van der Waals surface area contributed by atoms with Crippen LogP contribution in [0.2, 0.25) is 0 Å². The molecule has 1 aliphatic carbocycles. The van der Waals surface area contributed by atoms with E-state index in [1.807, 2.05) is 6.07 Å². The van der Waals surface area contributed by atoms with Gasteiger partial charge < -0.3 is 10.6 Å². The summed E-state index contributed by atoms with van der Waals surface area (Å²) in [4.78, 5) is 2.57. The van der Waals surface area contributed by atoms with Crippen molar-refractivity contribution in [3.05, 3.63) is 29.3 Å². The van der Waals surface area contributed by atoms with Crippen LogP contribution in [0.4, 0.5) is 5.69 Å². The molecule has 2 heteroatoms. The number of nitrogens with two attached hydrogens (primary N) is 1. The lowest BCUT2D eigenvalue weighted by atomic mass is 9.82. The zero-order valence-electron chi connectivity index (χ0n) is 9.78. The standard InChI is InChI=1S/C14H20N2/c15-13-6-5-11-3-1-4-12(14(11)9-13)10-16-7-2-8-16/h5-6,9,12H,1-4,7-8,10,15H2. The van der Waals surface area contributed by atoms with Crippen LogP contribution in [0.3, 0.4) is 0 Å². The van der Waals surface area contributed by atoms with E-state index < -0.39 is 0 Å². The number of hydrogen-bond acceptors (Lipinski definition) is 2. The molecule has 1 atom stereocenters. The van der Waals surface area contributed by atoms with E-state index in [1.165, 1.54) is 56.4 Å². The van der Waals surface area contributed by atoms with Gasteiger partial charge in [0.25, 0.3) is 0 Å². The third-order valence-corrected chi connectivity index (χ3v) is 4.04. The molecule has 1 aliphatic heterocycles. The number of nitrogen functional groups attached to an aromatic ring is 1. The van der Waals surface area contributed by atoms with E-state index in [-0.39, 0.29) is 0 Å². The van der Waals surface area contributed by atoms with Gasteiger partial charge in [-0.05, 0) is 68.0 Å². The second-order valence-electron chi connectivity index (χ2n) is 5.20. The zero-order chi connectivity index (χ0) is 11.0. The molecule has 2 N–H and O–H groups in total. The van der Waals surface area contributed by atoms with E-state index >= 15 is 0 Å². The molecular formula is C14H20N2. The summed E-state index contributed by atoms with van der Waals surface area (Å²) >= 11 is 0. The van der Waals surface area contributed by atoms with Crippen molar-refractivity contribution in [3.63, 3.8) is 0 Å². The second-order valence-corrected chi connectivity index (χ2v) is 5.20. The van der Waals surface area contributed by atoms with E-state index in [9.17, 15) is 0 Å². The molecule has 2 aliphatic rings. The van der Waals surface area contributed by atoms with Crippen LogP contribution >= 0.6 is 0 Å². The molecule has 0 amide bonds. The molecule has 0 saturated carbocycles.